The summed E-state index contributed by atoms with van der Waals surface area (Å²) in [5.41, 5.74) is 1.36. The zero-order chi connectivity index (χ0) is 13.3. The Morgan fingerprint density at radius 3 is 2.53 bits per heavy atom. The van der Waals surface area contributed by atoms with Crippen LogP contribution in [0, 0.1) is 5.92 Å². The van der Waals surface area contributed by atoms with Crippen LogP contribution in [0.3, 0.4) is 0 Å². The Morgan fingerprint density at radius 1 is 1.35 bits per heavy atom. The molecule has 3 nitrogen and oxygen atoms in total. The zero-order valence-corrected chi connectivity index (χ0v) is 11.3. The molecule has 0 aromatic carbocycles. The highest BCUT2D eigenvalue weighted by Crippen LogP contribution is 2.12. The zero-order valence-electron chi connectivity index (χ0n) is 11.3. The number of carboxylic acid groups (broad SMARTS) is 1. The Kier molecular flexibility index (Phi) is 8.20. The third-order valence-electron chi connectivity index (χ3n) is 2.44. The molecule has 0 bridgehead atoms. The highest BCUT2D eigenvalue weighted by molar-refractivity contribution is 5.57. The largest absolute Gasteiger partial charge is 0.506 e. The van der Waals surface area contributed by atoms with Gasteiger partial charge in [-0.3, -0.25) is 0 Å². The van der Waals surface area contributed by atoms with Gasteiger partial charge in [0.2, 0.25) is 0 Å². The first-order valence-electron chi connectivity index (χ1n) is 6.11. The van der Waals surface area contributed by atoms with E-state index in [1.165, 1.54) is 5.57 Å². The molecule has 0 aromatic heterocycles. The third kappa shape index (κ3) is 11.0. The van der Waals surface area contributed by atoms with Crippen molar-refractivity contribution in [3.05, 3.63) is 23.8 Å². The third-order valence-corrected chi connectivity index (χ3v) is 2.44. The van der Waals surface area contributed by atoms with Crippen LogP contribution >= 0.6 is 0 Å². The second-order valence-electron chi connectivity index (χ2n) is 4.72. The minimum Gasteiger partial charge on any atom is -0.450 e. The molecular weight excluding hydrogens is 216 g/mol. The van der Waals surface area contributed by atoms with E-state index in [1.54, 1.807) is 13.0 Å². The van der Waals surface area contributed by atoms with Crippen LogP contribution < -0.4 is 0 Å². The van der Waals surface area contributed by atoms with E-state index < -0.39 is 6.16 Å². The van der Waals surface area contributed by atoms with Gasteiger partial charge in [0.1, 0.15) is 6.10 Å². The van der Waals surface area contributed by atoms with Gasteiger partial charge < -0.3 is 9.84 Å². The standard InChI is InChI=1S/C14H24O3/c1-11(2)7-5-8-12(3)9-6-10-13(4)17-14(15)16/h6-7,10,12-13H,5,8-9H2,1-4H3,(H,15,16). The number of allylic oxidation sites excluding steroid dienone is 3. The summed E-state index contributed by atoms with van der Waals surface area (Å²) in [5.74, 6) is 0.610. The van der Waals surface area contributed by atoms with Crippen molar-refractivity contribution in [2.75, 3.05) is 0 Å². The van der Waals surface area contributed by atoms with Crippen LogP contribution in [0.2, 0.25) is 0 Å². The molecule has 2 unspecified atom stereocenters. The molecule has 98 valence electrons. The molecule has 2 atom stereocenters. The van der Waals surface area contributed by atoms with E-state index in [9.17, 15) is 4.79 Å². The monoisotopic (exact) mass is 240 g/mol. The Hall–Kier alpha value is -1.25. The van der Waals surface area contributed by atoms with Gasteiger partial charge >= 0.3 is 6.16 Å². The van der Waals surface area contributed by atoms with Gasteiger partial charge in [-0.15, -0.1) is 0 Å². The maximum atomic E-state index is 10.2. The van der Waals surface area contributed by atoms with Crippen molar-refractivity contribution >= 4 is 6.16 Å². The average molecular weight is 240 g/mol. The normalized spacial score (nSPS) is 14.4. The average Bonchev–Trinajstić information content (AvgIpc) is 2.15. The molecule has 0 aliphatic rings. The number of hydrogen-bond acceptors (Lipinski definition) is 2. The van der Waals surface area contributed by atoms with Gasteiger partial charge in [-0.25, -0.2) is 4.79 Å². The van der Waals surface area contributed by atoms with Gasteiger partial charge in [0.25, 0.3) is 0 Å². The fraction of sp³-hybridized carbons (Fsp3) is 0.643. The van der Waals surface area contributed by atoms with Crippen molar-refractivity contribution in [3.8, 4) is 0 Å². The minimum atomic E-state index is -1.22. The first-order chi connectivity index (χ1) is 7.91. The van der Waals surface area contributed by atoms with E-state index in [0.717, 1.165) is 19.3 Å². The summed E-state index contributed by atoms with van der Waals surface area (Å²) in [6.07, 6.45) is 7.69. The fourth-order valence-electron chi connectivity index (χ4n) is 1.48. The first-order valence-corrected chi connectivity index (χ1v) is 6.11. The van der Waals surface area contributed by atoms with Gasteiger partial charge in [-0.2, -0.15) is 0 Å². The second-order valence-corrected chi connectivity index (χ2v) is 4.72. The van der Waals surface area contributed by atoms with Crippen LogP contribution in [0.4, 0.5) is 4.79 Å². The highest BCUT2D eigenvalue weighted by Gasteiger charge is 2.03. The fourth-order valence-corrected chi connectivity index (χ4v) is 1.48. The van der Waals surface area contributed by atoms with Crippen molar-refractivity contribution < 1.29 is 14.6 Å². The summed E-state index contributed by atoms with van der Waals surface area (Å²) in [5, 5.41) is 8.40. The molecule has 1 N–H and O–H groups in total. The highest BCUT2D eigenvalue weighted by atomic mass is 16.7. The first kappa shape index (κ1) is 15.8. The molecule has 0 rings (SSSR count). The van der Waals surface area contributed by atoms with E-state index in [2.05, 4.69) is 31.6 Å². The van der Waals surface area contributed by atoms with E-state index in [4.69, 9.17) is 5.11 Å². The van der Waals surface area contributed by atoms with Crippen LogP contribution in [-0.4, -0.2) is 17.4 Å². The maximum Gasteiger partial charge on any atom is 0.506 e. The lowest BCUT2D eigenvalue weighted by atomic mass is 10.0. The van der Waals surface area contributed by atoms with Crippen molar-refractivity contribution in [3.63, 3.8) is 0 Å². The summed E-state index contributed by atoms with van der Waals surface area (Å²) in [7, 11) is 0. The summed E-state index contributed by atoms with van der Waals surface area (Å²) in [4.78, 5) is 10.2. The smallest absolute Gasteiger partial charge is 0.450 e. The Bertz CT molecular complexity index is 275. The maximum absolute atomic E-state index is 10.2. The van der Waals surface area contributed by atoms with Crippen LogP contribution in [0.25, 0.3) is 0 Å². The van der Waals surface area contributed by atoms with Crippen LogP contribution in [0.1, 0.15) is 47.0 Å². The molecule has 3 heteroatoms. The van der Waals surface area contributed by atoms with Gasteiger partial charge in [0.05, 0.1) is 0 Å². The molecule has 0 aromatic rings. The van der Waals surface area contributed by atoms with Gasteiger partial charge in [-0.05, 0) is 52.0 Å². The Morgan fingerprint density at radius 2 is 2.00 bits per heavy atom. The lowest BCUT2D eigenvalue weighted by molar-refractivity contribution is 0.0751. The molecule has 0 heterocycles. The van der Waals surface area contributed by atoms with E-state index >= 15 is 0 Å². The molecule has 0 saturated carbocycles. The van der Waals surface area contributed by atoms with E-state index in [1.807, 2.05) is 6.08 Å². The summed E-state index contributed by atoms with van der Waals surface area (Å²) in [6, 6.07) is 0. The predicted molar refractivity (Wildman–Crippen MR) is 70.2 cm³/mol. The SMILES string of the molecule is CC(C)=CCCC(C)CC=CC(C)OC(=O)O. The quantitative estimate of drug-likeness (QED) is 0.530. The second kappa shape index (κ2) is 8.85. The lowest BCUT2D eigenvalue weighted by Crippen LogP contribution is -2.09. The van der Waals surface area contributed by atoms with Crippen molar-refractivity contribution in [1.29, 1.82) is 0 Å². The van der Waals surface area contributed by atoms with Gasteiger partial charge in [0.15, 0.2) is 0 Å². The number of rotatable bonds is 7. The van der Waals surface area contributed by atoms with Crippen molar-refractivity contribution in [1.82, 2.24) is 0 Å². The molecule has 0 spiro atoms. The molecule has 0 aliphatic carbocycles. The summed E-state index contributed by atoms with van der Waals surface area (Å²) < 4.78 is 4.56. The molecule has 0 amide bonds. The van der Waals surface area contributed by atoms with Gasteiger partial charge in [0, 0.05) is 0 Å². The van der Waals surface area contributed by atoms with Crippen molar-refractivity contribution in [2.45, 2.75) is 53.1 Å². The topological polar surface area (TPSA) is 46.5 Å². The molecule has 0 saturated heterocycles. The van der Waals surface area contributed by atoms with Crippen LogP contribution in [0.15, 0.2) is 23.8 Å². The lowest BCUT2D eigenvalue weighted by Gasteiger charge is -2.08. The predicted octanol–water partition coefficient (Wildman–Crippen LogP) is 4.40. The van der Waals surface area contributed by atoms with E-state index in [-0.39, 0.29) is 6.10 Å². The summed E-state index contributed by atoms with van der Waals surface area (Å²) >= 11 is 0. The van der Waals surface area contributed by atoms with Crippen LogP contribution in [0.5, 0.6) is 0 Å². The number of ether oxygens (including phenoxy) is 1. The molecule has 17 heavy (non-hydrogen) atoms. The molecule has 0 fully saturated rings. The number of carbonyl (C=O) groups is 1. The van der Waals surface area contributed by atoms with Crippen molar-refractivity contribution in [2.24, 2.45) is 5.92 Å². The van der Waals surface area contributed by atoms with Gasteiger partial charge in [-0.1, -0.05) is 24.6 Å². The molecule has 0 radical (unpaired) electrons. The molecular formula is C14H24O3. The minimum absolute atomic E-state index is 0.363. The Balaban J connectivity index is 3.75. The summed E-state index contributed by atoms with van der Waals surface area (Å²) in [6.45, 7) is 8.13. The van der Waals surface area contributed by atoms with E-state index in [0.29, 0.717) is 5.92 Å². The Labute approximate surface area is 104 Å². The molecule has 0 aliphatic heterocycles. The number of hydrogen-bond donors (Lipinski definition) is 1. The van der Waals surface area contributed by atoms with Crippen LogP contribution in [-0.2, 0) is 4.74 Å².